The standard InChI is InChI=1S/C22H28N4O4S2/c1-16-7-8-18(32(29,30)26-11-3-2-4-12-26)14-19(16)21(28)25-10-5-6-17(15-25)20(27)24-22-23-9-13-31-22/h7-9,13-14,17H,2-6,10-12,15H2,1H3,(H,23,24,27). The SMILES string of the molecule is Cc1ccc(S(=O)(=O)N2CCCCC2)cc1C(=O)N1CCCC(C(=O)Nc2nccs2)C1. The third kappa shape index (κ3) is 4.87. The van der Waals surface area contributed by atoms with Gasteiger partial charge in [-0.3, -0.25) is 9.59 Å². The van der Waals surface area contributed by atoms with Crippen molar-refractivity contribution in [3.05, 3.63) is 40.9 Å². The third-order valence-corrected chi connectivity index (χ3v) is 8.72. The monoisotopic (exact) mass is 476 g/mol. The molecule has 2 amide bonds. The predicted octanol–water partition coefficient (Wildman–Crippen LogP) is 3.12. The van der Waals surface area contributed by atoms with E-state index in [1.54, 1.807) is 35.5 Å². The molecule has 3 heterocycles. The highest BCUT2D eigenvalue weighted by Crippen LogP contribution is 2.26. The molecule has 1 aromatic heterocycles. The van der Waals surface area contributed by atoms with Crippen LogP contribution in [0.25, 0.3) is 0 Å². The van der Waals surface area contributed by atoms with Crippen LogP contribution in [0.5, 0.6) is 0 Å². The lowest BCUT2D eigenvalue weighted by molar-refractivity contribution is -0.121. The number of carbonyl (C=O) groups excluding carboxylic acids is 2. The van der Waals surface area contributed by atoms with Crippen LogP contribution in [0.3, 0.4) is 0 Å². The van der Waals surface area contributed by atoms with Crippen molar-refractivity contribution in [2.45, 2.75) is 43.9 Å². The molecule has 2 aliphatic rings. The summed E-state index contributed by atoms with van der Waals surface area (Å²) in [5.41, 5.74) is 1.10. The fourth-order valence-electron chi connectivity index (χ4n) is 4.28. The molecule has 2 saturated heterocycles. The topological polar surface area (TPSA) is 99.7 Å². The molecule has 0 bridgehead atoms. The summed E-state index contributed by atoms with van der Waals surface area (Å²) in [5.74, 6) is -0.697. The Morgan fingerprint density at radius 3 is 2.62 bits per heavy atom. The van der Waals surface area contributed by atoms with Gasteiger partial charge in [-0.05, 0) is 50.3 Å². The van der Waals surface area contributed by atoms with Crippen LogP contribution >= 0.6 is 11.3 Å². The van der Waals surface area contributed by atoms with Gasteiger partial charge in [-0.2, -0.15) is 4.31 Å². The van der Waals surface area contributed by atoms with Gasteiger partial charge in [0.05, 0.1) is 10.8 Å². The first-order valence-electron chi connectivity index (χ1n) is 11.0. The van der Waals surface area contributed by atoms with Crippen LogP contribution in [0.1, 0.15) is 48.0 Å². The maximum absolute atomic E-state index is 13.3. The average molecular weight is 477 g/mol. The number of thiazole rings is 1. The van der Waals surface area contributed by atoms with Crippen molar-refractivity contribution < 1.29 is 18.0 Å². The van der Waals surface area contributed by atoms with Gasteiger partial charge < -0.3 is 10.2 Å². The minimum atomic E-state index is -3.63. The summed E-state index contributed by atoms with van der Waals surface area (Å²) >= 11 is 1.35. The molecule has 2 aliphatic heterocycles. The van der Waals surface area contributed by atoms with E-state index >= 15 is 0 Å². The zero-order valence-corrected chi connectivity index (χ0v) is 19.8. The largest absolute Gasteiger partial charge is 0.338 e. The van der Waals surface area contributed by atoms with E-state index in [9.17, 15) is 18.0 Å². The second kappa shape index (κ2) is 9.68. The van der Waals surface area contributed by atoms with Gasteiger partial charge in [0.2, 0.25) is 15.9 Å². The van der Waals surface area contributed by atoms with E-state index in [2.05, 4.69) is 10.3 Å². The molecule has 32 heavy (non-hydrogen) atoms. The Bertz CT molecular complexity index is 1080. The maximum Gasteiger partial charge on any atom is 0.254 e. The van der Waals surface area contributed by atoms with Crippen LogP contribution in [0.2, 0.25) is 0 Å². The van der Waals surface area contributed by atoms with Crippen LogP contribution in [0.15, 0.2) is 34.7 Å². The molecule has 1 aromatic carbocycles. The number of benzene rings is 1. The van der Waals surface area contributed by atoms with Gasteiger partial charge in [0, 0.05) is 43.3 Å². The van der Waals surface area contributed by atoms with Gasteiger partial charge in [-0.1, -0.05) is 12.5 Å². The first-order chi connectivity index (χ1) is 15.4. The van der Waals surface area contributed by atoms with Crippen LogP contribution in [-0.4, -0.2) is 60.6 Å². The van der Waals surface area contributed by atoms with Crippen molar-refractivity contribution in [2.24, 2.45) is 5.92 Å². The number of amides is 2. The van der Waals surface area contributed by atoms with E-state index in [0.29, 0.717) is 49.7 Å². The number of sulfonamides is 1. The van der Waals surface area contributed by atoms with Crippen LogP contribution < -0.4 is 5.32 Å². The molecule has 4 rings (SSSR count). The normalized spacial score (nSPS) is 20.2. The molecule has 8 nitrogen and oxygen atoms in total. The summed E-state index contributed by atoms with van der Waals surface area (Å²) in [6.45, 7) is 3.69. The summed E-state index contributed by atoms with van der Waals surface area (Å²) in [7, 11) is -3.63. The molecular weight excluding hydrogens is 448 g/mol. The van der Waals surface area contributed by atoms with Gasteiger partial charge in [0.15, 0.2) is 5.13 Å². The molecule has 2 aromatic rings. The minimum Gasteiger partial charge on any atom is -0.338 e. The van der Waals surface area contributed by atoms with Crippen molar-refractivity contribution in [1.29, 1.82) is 0 Å². The number of anilines is 1. The lowest BCUT2D eigenvalue weighted by atomic mass is 9.96. The number of hydrogen-bond donors (Lipinski definition) is 1. The summed E-state index contributed by atoms with van der Waals surface area (Å²) in [5, 5.41) is 5.15. The Balaban J connectivity index is 1.51. The first kappa shape index (κ1) is 22.9. The smallest absolute Gasteiger partial charge is 0.254 e. The predicted molar refractivity (Wildman–Crippen MR) is 123 cm³/mol. The number of hydrogen-bond acceptors (Lipinski definition) is 6. The van der Waals surface area contributed by atoms with Crippen LogP contribution in [0, 0.1) is 12.8 Å². The second-order valence-corrected chi connectivity index (χ2v) is 11.2. The molecule has 0 saturated carbocycles. The maximum atomic E-state index is 13.3. The van der Waals surface area contributed by atoms with Gasteiger partial charge in [-0.15, -0.1) is 11.3 Å². The molecule has 1 N–H and O–H groups in total. The molecule has 1 unspecified atom stereocenters. The van der Waals surface area contributed by atoms with Crippen molar-refractivity contribution in [1.82, 2.24) is 14.2 Å². The lowest BCUT2D eigenvalue weighted by Gasteiger charge is -2.32. The minimum absolute atomic E-state index is 0.143. The summed E-state index contributed by atoms with van der Waals surface area (Å²) in [4.78, 5) is 31.9. The number of piperidine rings is 2. The van der Waals surface area contributed by atoms with Gasteiger partial charge in [-0.25, -0.2) is 13.4 Å². The number of carbonyl (C=O) groups is 2. The Morgan fingerprint density at radius 2 is 1.91 bits per heavy atom. The zero-order chi connectivity index (χ0) is 22.7. The average Bonchev–Trinajstić information content (AvgIpc) is 3.32. The van der Waals surface area contributed by atoms with E-state index < -0.39 is 10.0 Å². The molecular formula is C22H28N4O4S2. The highest BCUT2D eigenvalue weighted by molar-refractivity contribution is 7.89. The number of aryl methyl sites for hydroxylation is 1. The highest BCUT2D eigenvalue weighted by atomic mass is 32.2. The lowest BCUT2D eigenvalue weighted by Crippen LogP contribution is -2.44. The van der Waals surface area contributed by atoms with Gasteiger partial charge in [0.25, 0.3) is 5.91 Å². The number of rotatable bonds is 5. The number of likely N-dealkylation sites (tertiary alicyclic amines) is 1. The van der Waals surface area contributed by atoms with Gasteiger partial charge >= 0.3 is 0 Å². The van der Waals surface area contributed by atoms with E-state index in [0.717, 1.165) is 24.8 Å². The van der Waals surface area contributed by atoms with Crippen LogP contribution in [-0.2, 0) is 14.8 Å². The Morgan fingerprint density at radius 1 is 1.12 bits per heavy atom. The van der Waals surface area contributed by atoms with E-state index in [4.69, 9.17) is 0 Å². The first-order valence-corrected chi connectivity index (χ1v) is 13.3. The van der Waals surface area contributed by atoms with Crippen molar-refractivity contribution >= 4 is 38.3 Å². The summed E-state index contributed by atoms with van der Waals surface area (Å²) in [6, 6.07) is 4.78. The highest BCUT2D eigenvalue weighted by Gasteiger charge is 2.31. The number of nitrogens with one attached hydrogen (secondary N) is 1. The quantitative estimate of drug-likeness (QED) is 0.715. The van der Waals surface area contributed by atoms with E-state index in [1.807, 2.05) is 0 Å². The molecule has 2 fully saturated rings. The van der Waals surface area contributed by atoms with Crippen molar-refractivity contribution in [3.8, 4) is 0 Å². The molecule has 1 atom stereocenters. The Hall–Kier alpha value is -2.30. The Kier molecular flexibility index (Phi) is 6.92. The fourth-order valence-corrected chi connectivity index (χ4v) is 6.36. The molecule has 0 aliphatic carbocycles. The molecule has 0 radical (unpaired) electrons. The van der Waals surface area contributed by atoms with Gasteiger partial charge in [0.1, 0.15) is 0 Å². The van der Waals surface area contributed by atoms with E-state index in [-0.39, 0.29) is 22.6 Å². The molecule has 10 heteroatoms. The zero-order valence-electron chi connectivity index (χ0n) is 18.1. The van der Waals surface area contributed by atoms with Crippen molar-refractivity contribution in [3.63, 3.8) is 0 Å². The molecule has 172 valence electrons. The number of nitrogens with zero attached hydrogens (tertiary/aromatic N) is 3. The Labute approximate surface area is 192 Å². The fraction of sp³-hybridized carbons (Fsp3) is 0.500. The summed E-state index contributed by atoms with van der Waals surface area (Å²) < 4.78 is 27.7. The second-order valence-electron chi connectivity index (χ2n) is 8.36. The van der Waals surface area contributed by atoms with Crippen LogP contribution in [0.4, 0.5) is 5.13 Å². The third-order valence-electron chi connectivity index (χ3n) is 6.13. The van der Waals surface area contributed by atoms with E-state index in [1.165, 1.54) is 21.7 Å². The van der Waals surface area contributed by atoms with Crippen molar-refractivity contribution in [2.75, 3.05) is 31.5 Å². The number of aromatic nitrogens is 1. The molecule has 0 spiro atoms. The summed E-state index contributed by atoms with van der Waals surface area (Å²) in [6.07, 6.45) is 5.79.